The molecular weight excluding hydrogens is 204 g/mol. The highest BCUT2D eigenvalue weighted by atomic mass is 16.7. The first-order valence-electron chi connectivity index (χ1n) is 6.38. The Hall–Kier alpha value is -0.160. The second kappa shape index (κ2) is 5.96. The molecule has 2 atom stereocenters. The highest BCUT2D eigenvalue weighted by Crippen LogP contribution is 2.25. The van der Waals surface area contributed by atoms with E-state index in [-0.39, 0.29) is 6.29 Å². The van der Waals surface area contributed by atoms with Crippen molar-refractivity contribution in [2.24, 2.45) is 0 Å². The molecule has 2 heterocycles. The van der Waals surface area contributed by atoms with Crippen LogP contribution in [0.3, 0.4) is 0 Å². The van der Waals surface area contributed by atoms with Crippen LogP contribution in [0, 0.1) is 0 Å². The van der Waals surface area contributed by atoms with Gasteiger partial charge in [-0.15, -0.1) is 0 Å². The Morgan fingerprint density at radius 1 is 1.25 bits per heavy atom. The molecule has 0 aromatic rings. The van der Waals surface area contributed by atoms with Crippen molar-refractivity contribution in [2.45, 2.75) is 44.1 Å². The summed E-state index contributed by atoms with van der Waals surface area (Å²) in [6.45, 7) is 3.27. The van der Waals surface area contributed by atoms with Crippen molar-refractivity contribution < 1.29 is 9.47 Å². The number of nitrogens with one attached hydrogen (secondary N) is 1. The Balaban J connectivity index is 1.87. The summed E-state index contributed by atoms with van der Waals surface area (Å²) in [5.74, 6) is 0. The molecular formula is C12H24N2O2. The van der Waals surface area contributed by atoms with E-state index in [1.165, 1.54) is 38.8 Å². The lowest BCUT2D eigenvalue weighted by Crippen LogP contribution is -2.47. The number of nitrogens with zero attached hydrogens (tertiary/aromatic N) is 1. The minimum Gasteiger partial charge on any atom is -0.355 e. The largest absolute Gasteiger partial charge is 0.355 e. The summed E-state index contributed by atoms with van der Waals surface area (Å²) in [5, 5.41) is 3.61. The van der Waals surface area contributed by atoms with E-state index in [0.717, 1.165) is 6.54 Å². The van der Waals surface area contributed by atoms with Crippen molar-refractivity contribution in [3.63, 3.8) is 0 Å². The van der Waals surface area contributed by atoms with E-state index in [2.05, 4.69) is 10.2 Å². The summed E-state index contributed by atoms with van der Waals surface area (Å²) < 4.78 is 10.6. The van der Waals surface area contributed by atoms with E-state index < -0.39 is 0 Å². The molecule has 0 spiro atoms. The lowest BCUT2D eigenvalue weighted by molar-refractivity contribution is -0.118. The fourth-order valence-corrected chi connectivity index (χ4v) is 3.01. The topological polar surface area (TPSA) is 33.7 Å². The van der Waals surface area contributed by atoms with Gasteiger partial charge in [0.15, 0.2) is 6.29 Å². The first-order chi connectivity index (χ1) is 7.85. The van der Waals surface area contributed by atoms with Crippen molar-refractivity contribution >= 4 is 0 Å². The summed E-state index contributed by atoms with van der Waals surface area (Å²) in [6, 6.07) is 1.38. The van der Waals surface area contributed by atoms with Gasteiger partial charge in [-0.25, -0.2) is 0 Å². The van der Waals surface area contributed by atoms with Crippen LogP contribution in [0.4, 0.5) is 0 Å². The van der Waals surface area contributed by atoms with Gasteiger partial charge in [0.2, 0.25) is 0 Å². The number of hydrogen-bond acceptors (Lipinski definition) is 4. The first kappa shape index (κ1) is 12.3. The van der Waals surface area contributed by atoms with Crippen LogP contribution in [0.2, 0.25) is 0 Å². The Morgan fingerprint density at radius 2 is 2.06 bits per heavy atom. The van der Waals surface area contributed by atoms with Crippen LogP contribution in [-0.4, -0.2) is 57.1 Å². The van der Waals surface area contributed by atoms with Crippen molar-refractivity contribution in [1.29, 1.82) is 0 Å². The summed E-state index contributed by atoms with van der Waals surface area (Å²) >= 11 is 0. The maximum absolute atomic E-state index is 5.29. The molecule has 2 unspecified atom stereocenters. The number of rotatable bonds is 5. The van der Waals surface area contributed by atoms with E-state index in [1.807, 2.05) is 0 Å². The quantitative estimate of drug-likeness (QED) is 0.707. The van der Waals surface area contributed by atoms with Gasteiger partial charge in [0.05, 0.1) is 0 Å². The highest BCUT2D eigenvalue weighted by molar-refractivity contribution is 4.92. The summed E-state index contributed by atoms with van der Waals surface area (Å²) in [7, 11) is 3.43. The third-order valence-electron chi connectivity index (χ3n) is 3.89. The number of methoxy groups -OCH3 is 2. The number of hydrogen-bond donors (Lipinski definition) is 1. The number of likely N-dealkylation sites (tertiary alicyclic amines) is 1. The molecule has 0 amide bonds. The molecule has 2 saturated heterocycles. The van der Waals surface area contributed by atoms with Gasteiger partial charge in [-0.1, -0.05) is 0 Å². The van der Waals surface area contributed by atoms with E-state index in [4.69, 9.17) is 9.47 Å². The second-order valence-electron chi connectivity index (χ2n) is 4.81. The Kier molecular flexibility index (Phi) is 4.58. The van der Waals surface area contributed by atoms with Crippen molar-refractivity contribution in [3.05, 3.63) is 0 Å². The zero-order chi connectivity index (χ0) is 11.4. The van der Waals surface area contributed by atoms with E-state index >= 15 is 0 Å². The van der Waals surface area contributed by atoms with Crippen molar-refractivity contribution in [3.8, 4) is 0 Å². The van der Waals surface area contributed by atoms with Gasteiger partial charge in [-0.05, 0) is 38.8 Å². The van der Waals surface area contributed by atoms with Crippen LogP contribution in [0.1, 0.15) is 25.7 Å². The molecule has 0 aliphatic carbocycles. The fraction of sp³-hybridized carbons (Fsp3) is 1.00. The van der Waals surface area contributed by atoms with E-state index in [9.17, 15) is 0 Å². The number of ether oxygens (including phenoxy) is 2. The van der Waals surface area contributed by atoms with E-state index in [0.29, 0.717) is 12.1 Å². The third-order valence-corrected chi connectivity index (χ3v) is 3.89. The monoisotopic (exact) mass is 228 g/mol. The summed E-state index contributed by atoms with van der Waals surface area (Å²) in [6.07, 6.45) is 5.20. The molecule has 2 aliphatic heterocycles. The van der Waals surface area contributed by atoms with Gasteiger partial charge in [0.25, 0.3) is 0 Å². The molecule has 2 rings (SSSR count). The van der Waals surface area contributed by atoms with Crippen molar-refractivity contribution in [1.82, 2.24) is 10.2 Å². The summed E-state index contributed by atoms with van der Waals surface area (Å²) in [4.78, 5) is 2.53. The minimum atomic E-state index is -0.0815. The predicted molar refractivity (Wildman–Crippen MR) is 63.4 cm³/mol. The van der Waals surface area contributed by atoms with Crippen molar-refractivity contribution in [2.75, 3.05) is 33.9 Å². The first-order valence-corrected chi connectivity index (χ1v) is 6.38. The molecule has 4 heteroatoms. The molecule has 16 heavy (non-hydrogen) atoms. The normalized spacial score (nSPS) is 31.7. The maximum Gasteiger partial charge on any atom is 0.169 e. The van der Waals surface area contributed by atoms with Crippen LogP contribution >= 0.6 is 0 Å². The standard InChI is InChI=1S/C12H24N2O2/c1-15-12(16-2)9-14-8-4-6-11(14)10-5-3-7-13-10/h10-13H,3-9H2,1-2H3. The van der Waals surface area contributed by atoms with Gasteiger partial charge in [0, 0.05) is 32.8 Å². The molecule has 0 bridgehead atoms. The zero-order valence-corrected chi connectivity index (χ0v) is 10.4. The molecule has 0 radical (unpaired) electrons. The molecule has 4 nitrogen and oxygen atoms in total. The fourth-order valence-electron chi connectivity index (χ4n) is 3.01. The molecule has 1 N–H and O–H groups in total. The maximum atomic E-state index is 5.29. The van der Waals surface area contributed by atoms with Crippen LogP contribution in [0.25, 0.3) is 0 Å². The highest BCUT2D eigenvalue weighted by Gasteiger charge is 2.34. The molecule has 94 valence electrons. The van der Waals surface area contributed by atoms with Crippen LogP contribution in [0.15, 0.2) is 0 Å². The van der Waals surface area contributed by atoms with Gasteiger partial charge in [-0.3, -0.25) is 4.90 Å². The van der Waals surface area contributed by atoms with E-state index in [1.54, 1.807) is 14.2 Å². The Bertz CT molecular complexity index is 203. The SMILES string of the molecule is COC(CN1CCCC1C1CCCN1)OC. The molecule has 0 aromatic carbocycles. The van der Waals surface area contributed by atoms with Gasteiger partial charge >= 0.3 is 0 Å². The average molecular weight is 228 g/mol. The van der Waals surface area contributed by atoms with Crippen LogP contribution in [-0.2, 0) is 9.47 Å². The second-order valence-corrected chi connectivity index (χ2v) is 4.81. The third kappa shape index (κ3) is 2.74. The summed E-state index contributed by atoms with van der Waals surface area (Å²) in [5.41, 5.74) is 0. The minimum absolute atomic E-state index is 0.0815. The zero-order valence-electron chi connectivity index (χ0n) is 10.4. The molecule has 0 aromatic heterocycles. The lowest BCUT2D eigenvalue weighted by Gasteiger charge is -2.31. The Morgan fingerprint density at radius 3 is 2.69 bits per heavy atom. The Labute approximate surface area is 98.3 Å². The van der Waals surface area contributed by atoms with Gasteiger partial charge in [-0.2, -0.15) is 0 Å². The molecule has 2 aliphatic rings. The smallest absolute Gasteiger partial charge is 0.169 e. The van der Waals surface area contributed by atoms with Crippen LogP contribution < -0.4 is 5.32 Å². The van der Waals surface area contributed by atoms with Crippen LogP contribution in [0.5, 0.6) is 0 Å². The average Bonchev–Trinajstić information content (AvgIpc) is 2.95. The lowest BCUT2D eigenvalue weighted by atomic mass is 10.0. The molecule has 2 fully saturated rings. The van der Waals surface area contributed by atoms with Gasteiger partial charge < -0.3 is 14.8 Å². The molecule has 0 saturated carbocycles. The predicted octanol–water partition coefficient (Wildman–Crippen LogP) is 0.822. The van der Waals surface area contributed by atoms with Gasteiger partial charge in [0.1, 0.15) is 0 Å².